The fourth-order valence-electron chi connectivity index (χ4n) is 4.39. The molecule has 3 rings (SSSR count). The molecule has 3 aromatic rings. The highest BCUT2D eigenvalue weighted by Crippen LogP contribution is 2.28. The Morgan fingerprint density at radius 3 is 2.33 bits per heavy atom. The average molecular weight is 448 g/mol. The number of amides is 1. The standard InChI is InChI=1S/C28H37N3O2/c1-5-7-8-12-19-26(32)30(20-21(3)4)25(6-2)27-29-24-18-14-13-17-23(24)28(33)31(27)22-15-10-9-11-16-22/h9-11,13-18,21,25H,5-8,12,19-20H2,1-4H3. The monoisotopic (exact) mass is 447 g/mol. The first-order valence-electron chi connectivity index (χ1n) is 12.3. The summed E-state index contributed by atoms with van der Waals surface area (Å²) in [6.45, 7) is 9.14. The maximum absolute atomic E-state index is 13.6. The predicted octanol–water partition coefficient (Wildman–Crippen LogP) is 6.29. The summed E-state index contributed by atoms with van der Waals surface area (Å²) >= 11 is 0. The highest BCUT2D eigenvalue weighted by atomic mass is 16.2. The topological polar surface area (TPSA) is 55.2 Å². The predicted molar refractivity (Wildman–Crippen MR) is 136 cm³/mol. The van der Waals surface area contributed by atoms with Crippen LogP contribution in [0.1, 0.15) is 78.1 Å². The Hall–Kier alpha value is -2.95. The van der Waals surface area contributed by atoms with Crippen molar-refractivity contribution >= 4 is 16.8 Å². The van der Waals surface area contributed by atoms with E-state index in [0.29, 0.717) is 42.0 Å². The van der Waals surface area contributed by atoms with Crippen molar-refractivity contribution < 1.29 is 4.79 Å². The molecule has 0 N–H and O–H groups in total. The number of rotatable bonds is 11. The van der Waals surface area contributed by atoms with E-state index in [1.165, 1.54) is 0 Å². The Morgan fingerprint density at radius 1 is 0.970 bits per heavy atom. The Labute approximate surface area is 197 Å². The van der Waals surface area contributed by atoms with Crippen molar-refractivity contribution in [1.82, 2.24) is 14.5 Å². The Balaban J connectivity index is 2.13. The first-order chi connectivity index (χ1) is 16.0. The highest BCUT2D eigenvalue weighted by Gasteiger charge is 2.29. The van der Waals surface area contributed by atoms with E-state index in [9.17, 15) is 9.59 Å². The zero-order valence-electron chi connectivity index (χ0n) is 20.5. The number of unbranched alkanes of at least 4 members (excludes halogenated alkanes) is 3. The molecule has 0 saturated heterocycles. The van der Waals surface area contributed by atoms with Gasteiger partial charge in [-0.05, 0) is 43.0 Å². The molecule has 0 radical (unpaired) electrons. The molecule has 5 nitrogen and oxygen atoms in total. The van der Waals surface area contributed by atoms with Crippen LogP contribution in [0.15, 0.2) is 59.4 Å². The zero-order chi connectivity index (χ0) is 23.8. The summed E-state index contributed by atoms with van der Waals surface area (Å²) in [5.41, 5.74) is 1.34. The van der Waals surface area contributed by atoms with Crippen LogP contribution in [-0.2, 0) is 4.79 Å². The molecule has 0 fully saturated rings. The number of fused-ring (bicyclic) bond motifs is 1. The molecular formula is C28H37N3O2. The molecule has 1 heterocycles. The third-order valence-corrected chi connectivity index (χ3v) is 6.00. The molecule has 33 heavy (non-hydrogen) atoms. The van der Waals surface area contributed by atoms with Crippen molar-refractivity contribution in [2.45, 2.75) is 72.3 Å². The summed E-state index contributed by atoms with van der Waals surface area (Å²) in [6.07, 6.45) is 5.48. The van der Waals surface area contributed by atoms with Gasteiger partial charge in [-0.1, -0.05) is 77.3 Å². The van der Waals surface area contributed by atoms with E-state index in [4.69, 9.17) is 4.98 Å². The maximum Gasteiger partial charge on any atom is 0.266 e. The first kappa shape index (κ1) is 24.7. The summed E-state index contributed by atoms with van der Waals surface area (Å²) in [5.74, 6) is 1.10. The lowest BCUT2D eigenvalue weighted by Gasteiger charge is -2.33. The van der Waals surface area contributed by atoms with E-state index in [1.807, 2.05) is 59.5 Å². The molecule has 0 aliphatic heterocycles. The molecule has 0 saturated carbocycles. The molecule has 5 heteroatoms. The highest BCUT2D eigenvalue weighted by molar-refractivity contribution is 5.79. The SMILES string of the molecule is CCCCCCC(=O)N(CC(C)C)C(CC)c1nc2ccccc2c(=O)n1-c1ccccc1. The quantitative estimate of drug-likeness (QED) is 0.325. The molecule has 1 aromatic heterocycles. The van der Waals surface area contributed by atoms with Crippen LogP contribution in [0.2, 0.25) is 0 Å². The summed E-state index contributed by atoms with van der Waals surface area (Å²) in [5, 5.41) is 0.584. The van der Waals surface area contributed by atoms with Gasteiger partial charge in [0.2, 0.25) is 5.91 Å². The number of hydrogen-bond donors (Lipinski definition) is 0. The van der Waals surface area contributed by atoms with Gasteiger partial charge in [0, 0.05) is 13.0 Å². The molecule has 0 spiro atoms. The zero-order valence-corrected chi connectivity index (χ0v) is 20.5. The van der Waals surface area contributed by atoms with Crippen LogP contribution in [0.25, 0.3) is 16.6 Å². The van der Waals surface area contributed by atoms with Crippen LogP contribution in [0.4, 0.5) is 0 Å². The van der Waals surface area contributed by atoms with Crippen LogP contribution < -0.4 is 5.56 Å². The summed E-state index contributed by atoms with van der Waals surface area (Å²) in [6, 6.07) is 16.8. The van der Waals surface area contributed by atoms with Crippen molar-refractivity contribution in [2.75, 3.05) is 6.54 Å². The van der Waals surface area contributed by atoms with E-state index >= 15 is 0 Å². The summed E-state index contributed by atoms with van der Waals surface area (Å²) < 4.78 is 1.70. The van der Waals surface area contributed by atoms with Crippen molar-refractivity contribution in [2.24, 2.45) is 5.92 Å². The molecular weight excluding hydrogens is 410 g/mol. The normalized spacial score (nSPS) is 12.3. The largest absolute Gasteiger partial charge is 0.332 e. The number of benzene rings is 2. The first-order valence-corrected chi connectivity index (χ1v) is 12.3. The number of carbonyl (C=O) groups excluding carboxylic acids is 1. The lowest BCUT2D eigenvalue weighted by molar-refractivity contribution is -0.134. The second kappa shape index (κ2) is 11.8. The van der Waals surface area contributed by atoms with Crippen molar-refractivity contribution in [3.8, 4) is 5.69 Å². The molecule has 0 aliphatic carbocycles. The summed E-state index contributed by atoms with van der Waals surface area (Å²) in [7, 11) is 0. The number of aromatic nitrogens is 2. The minimum Gasteiger partial charge on any atom is -0.332 e. The van der Waals surface area contributed by atoms with E-state index in [0.717, 1.165) is 31.4 Å². The second-order valence-corrected chi connectivity index (χ2v) is 9.14. The lowest BCUT2D eigenvalue weighted by Crippen LogP contribution is -2.40. The number of carbonyl (C=O) groups is 1. The van der Waals surface area contributed by atoms with Crippen LogP contribution in [0.5, 0.6) is 0 Å². The van der Waals surface area contributed by atoms with Crippen molar-refractivity contribution in [3.05, 3.63) is 70.8 Å². The van der Waals surface area contributed by atoms with Crippen molar-refractivity contribution in [3.63, 3.8) is 0 Å². The van der Waals surface area contributed by atoms with Gasteiger partial charge in [0.15, 0.2) is 0 Å². The third-order valence-electron chi connectivity index (χ3n) is 6.00. The third kappa shape index (κ3) is 5.89. The van der Waals surface area contributed by atoms with Gasteiger partial charge in [-0.2, -0.15) is 0 Å². The number of para-hydroxylation sites is 2. The Bertz CT molecular complexity index is 1110. The molecule has 176 valence electrons. The van der Waals surface area contributed by atoms with E-state index in [1.54, 1.807) is 4.57 Å². The molecule has 1 amide bonds. The minimum absolute atomic E-state index is 0.0971. The van der Waals surface area contributed by atoms with Crippen molar-refractivity contribution in [1.29, 1.82) is 0 Å². The van der Waals surface area contributed by atoms with Crippen LogP contribution in [0, 0.1) is 5.92 Å². The Kier molecular flexibility index (Phi) is 8.81. The maximum atomic E-state index is 13.6. The van der Waals surface area contributed by atoms with Gasteiger partial charge in [0.1, 0.15) is 5.82 Å². The van der Waals surface area contributed by atoms with E-state index in [-0.39, 0.29) is 17.5 Å². The molecule has 1 atom stereocenters. The smallest absolute Gasteiger partial charge is 0.266 e. The van der Waals surface area contributed by atoms with E-state index < -0.39 is 0 Å². The van der Waals surface area contributed by atoms with E-state index in [2.05, 4.69) is 27.7 Å². The van der Waals surface area contributed by atoms with Gasteiger partial charge in [-0.15, -0.1) is 0 Å². The lowest BCUT2D eigenvalue weighted by atomic mass is 10.1. The van der Waals surface area contributed by atoms with Crippen LogP contribution in [0.3, 0.4) is 0 Å². The van der Waals surface area contributed by atoms with Gasteiger partial charge < -0.3 is 4.90 Å². The van der Waals surface area contributed by atoms with Gasteiger partial charge in [0.25, 0.3) is 5.56 Å². The molecule has 2 aromatic carbocycles. The van der Waals surface area contributed by atoms with Gasteiger partial charge in [0.05, 0.1) is 22.6 Å². The second-order valence-electron chi connectivity index (χ2n) is 9.14. The number of hydrogen-bond acceptors (Lipinski definition) is 3. The van der Waals surface area contributed by atoms with Gasteiger partial charge in [-0.3, -0.25) is 14.2 Å². The average Bonchev–Trinajstić information content (AvgIpc) is 2.82. The summed E-state index contributed by atoms with van der Waals surface area (Å²) in [4.78, 5) is 34.0. The molecule has 1 unspecified atom stereocenters. The van der Waals surface area contributed by atoms with Gasteiger partial charge >= 0.3 is 0 Å². The minimum atomic E-state index is -0.274. The van der Waals surface area contributed by atoms with Crippen LogP contribution >= 0.6 is 0 Å². The molecule has 0 aliphatic rings. The van der Waals surface area contributed by atoms with Gasteiger partial charge in [-0.25, -0.2) is 4.98 Å². The van der Waals surface area contributed by atoms with Crippen LogP contribution in [-0.4, -0.2) is 26.9 Å². The number of nitrogens with zero attached hydrogens (tertiary/aromatic N) is 3. The fraction of sp³-hybridized carbons (Fsp3) is 0.464. The fourth-order valence-corrected chi connectivity index (χ4v) is 4.39. The molecule has 0 bridgehead atoms. The Morgan fingerprint density at radius 2 is 1.67 bits per heavy atom.